The van der Waals surface area contributed by atoms with E-state index in [2.05, 4.69) is 11.7 Å². The van der Waals surface area contributed by atoms with Gasteiger partial charge in [0.15, 0.2) is 11.5 Å². The van der Waals surface area contributed by atoms with Crippen molar-refractivity contribution in [3.63, 3.8) is 0 Å². The summed E-state index contributed by atoms with van der Waals surface area (Å²) < 4.78 is 18.7. The van der Waals surface area contributed by atoms with Crippen LogP contribution in [0.5, 0.6) is 11.5 Å². The Bertz CT molecular complexity index is 974. The topological polar surface area (TPSA) is 65.8 Å². The molecule has 2 heterocycles. The first-order valence-electron chi connectivity index (χ1n) is 10.9. The molecule has 0 spiro atoms. The number of aryl methyl sites for hydroxylation is 2. The van der Waals surface area contributed by atoms with Crippen LogP contribution in [0.25, 0.3) is 6.08 Å². The number of carbonyl (C=O) groups excluding carboxylic acids is 1. The largest absolute Gasteiger partial charge is 0.493 e. The zero-order valence-electron chi connectivity index (χ0n) is 19.5. The van der Waals surface area contributed by atoms with Crippen molar-refractivity contribution >= 4 is 12.0 Å². The molecule has 1 aromatic carbocycles. The lowest BCUT2D eigenvalue weighted by Gasteiger charge is -2.25. The molecule has 1 saturated heterocycles. The average Bonchev–Trinajstić information content (AvgIpc) is 3.38. The van der Waals surface area contributed by atoms with E-state index in [0.29, 0.717) is 31.2 Å². The summed E-state index contributed by atoms with van der Waals surface area (Å²) in [6, 6.07) is 5.73. The highest BCUT2D eigenvalue weighted by atomic mass is 16.5. The van der Waals surface area contributed by atoms with Crippen LogP contribution in [0.2, 0.25) is 0 Å². The maximum atomic E-state index is 13.2. The molecule has 7 heteroatoms. The number of rotatable bonds is 10. The van der Waals surface area contributed by atoms with E-state index in [1.807, 2.05) is 54.8 Å². The van der Waals surface area contributed by atoms with Crippen LogP contribution in [-0.4, -0.2) is 53.6 Å². The molecule has 0 bridgehead atoms. The van der Waals surface area contributed by atoms with Crippen LogP contribution in [-0.2, 0) is 23.1 Å². The van der Waals surface area contributed by atoms with Crippen LogP contribution in [0.1, 0.15) is 35.4 Å². The third-order valence-corrected chi connectivity index (χ3v) is 5.68. The highest BCUT2D eigenvalue weighted by molar-refractivity contribution is 5.92. The molecule has 2 aromatic rings. The van der Waals surface area contributed by atoms with Gasteiger partial charge in [0.05, 0.1) is 18.9 Å². The van der Waals surface area contributed by atoms with Gasteiger partial charge in [-0.3, -0.25) is 9.48 Å². The normalized spacial score (nSPS) is 15.8. The van der Waals surface area contributed by atoms with Crippen molar-refractivity contribution in [3.8, 4) is 11.5 Å². The predicted molar refractivity (Wildman–Crippen MR) is 125 cm³/mol. The highest BCUT2D eigenvalue weighted by Gasteiger charge is 2.22. The van der Waals surface area contributed by atoms with E-state index < -0.39 is 0 Å². The van der Waals surface area contributed by atoms with Gasteiger partial charge in [-0.05, 0) is 50.5 Å². The van der Waals surface area contributed by atoms with Gasteiger partial charge in [0.25, 0.3) is 0 Å². The molecule has 1 fully saturated rings. The van der Waals surface area contributed by atoms with Crippen molar-refractivity contribution in [1.29, 1.82) is 0 Å². The predicted octanol–water partition coefficient (Wildman–Crippen LogP) is 3.83. The van der Waals surface area contributed by atoms with Gasteiger partial charge in [0, 0.05) is 44.1 Å². The Balaban J connectivity index is 1.80. The van der Waals surface area contributed by atoms with E-state index in [9.17, 15) is 4.79 Å². The van der Waals surface area contributed by atoms with E-state index in [-0.39, 0.29) is 12.0 Å². The molecule has 0 N–H and O–H groups in total. The first kappa shape index (κ1) is 23.6. The summed E-state index contributed by atoms with van der Waals surface area (Å²) >= 11 is 0. The quantitative estimate of drug-likeness (QED) is 0.416. The molecular formula is C25H33N3O4. The minimum absolute atomic E-state index is 0.0610. The molecule has 32 heavy (non-hydrogen) atoms. The molecule has 3 rings (SSSR count). The van der Waals surface area contributed by atoms with Crippen molar-refractivity contribution in [2.75, 3.05) is 26.9 Å². The van der Waals surface area contributed by atoms with Gasteiger partial charge in [-0.2, -0.15) is 5.10 Å². The van der Waals surface area contributed by atoms with Crippen molar-refractivity contribution in [1.82, 2.24) is 14.7 Å². The zero-order chi connectivity index (χ0) is 23.1. The Morgan fingerprint density at radius 1 is 1.38 bits per heavy atom. The number of hydrogen-bond acceptors (Lipinski definition) is 5. The van der Waals surface area contributed by atoms with E-state index in [0.717, 1.165) is 42.0 Å². The summed E-state index contributed by atoms with van der Waals surface area (Å²) in [7, 11) is 3.51. The minimum Gasteiger partial charge on any atom is -0.493 e. The number of hydrogen-bond donors (Lipinski definition) is 0. The number of ether oxygens (including phenoxy) is 3. The third-order valence-electron chi connectivity index (χ3n) is 5.68. The van der Waals surface area contributed by atoms with E-state index >= 15 is 0 Å². The van der Waals surface area contributed by atoms with Gasteiger partial charge >= 0.3 is 0 Å². The Labute approximate surface area is 190 Å². The summed E-state index contributed by atoms with van der Waals surface area (Å²) in [6.45, 7) is 9.77. The molecule has 1 atom stereocenters. The monoisotopic (exact) mass is 439 g/mol. The molecule has 7 nitrogen and oxygen atoms in total. The number of carbonyl (C=O) groups is 1. The Hall–Kier alpha value is -3.06. The minimum atomic E-state index is -0.0610. The Kier molecular flexibility index (Phi) is 8.11. The SMILES string of the molecule is C=CCOc1ccc(CN(CC2CCCO2)C(=O)/C=C/c2c(C)nn(C)c2C)cc1OC. The molecule has 172 valence electrons. The van der Waals surface area contributed by atoms with Crippen LogP contribution in [0.15, 0.2) is 36.9 Å². The van der Waals surface area contributed by atoms with Crippen LogP contribution < -0.4 is 9.47 Å². The lowest BCUT2D eigenvalue weighted by molar-refractivity contribution is -0.128. The number of aromatic nitrogens is 2. The van der Waals surface area contributed by atoms with Crippen LogP contribution in [0.4, 0.5) is 0 Å². The van der Waals surface area contributed by atoms with E-state index in [4.69, 9.17) is 14.2 Å². The molecule has 0 radical (unpaired) electrons. The van der Waals surface area contributed by atoms with Crippen molar-refractivity contribution in [2.45, 2.75) is 39.3 Å². The number of benzene rings is 1. The van der Waals surface area contributed by atoms with Crippen LogP contribution in [0, 0.1) is 13.8 Å². The number of methoxy groups -OCH3 is 1. The second kappa shape index (κ2) is 11.0. The van der Waals surface area contributed by atoms with Crippen molar-refractivity contribution in [2.24, 2.45) is 7.05 Å². The van der Waals surface area contributed by atoms with Crippen LogP contribution in [0.3, 0.4) is 0 Å². The molecule has 1 amide bonds. The van der Waals surface area contributed by atoms with E-state index in [1.54, 1.807) is 19.3 Å². The number of nitrogens with zero attached hydrogens (tertiary/aromatic N) is 3. The molecule has 1 aliphatic rings. The second-order valence-electron chi connectivity index (χ2n) is 7.98. The summed E-state index contributed by atoms with van der Waals surface area (Å²) in [6.07, 6.45) is 7.23. The molecular weight excluding hydrogens is 406 g/mol. The van der Waals surface area contributed by atoms with Gasteiger partial charge < -0.3 is 19.1 Å². The van der Waals surface area contributed by atoms with Gasteiger partial charge in [-0.1, -0.05) is 18.7 Å². The average molecular weight is 440 g/mol. The Morgan fingerprint density at radius 3 is 2.81 bits per heavy atom. The summed E-state index contributed by atoms with van der Waals surface area (Å²) in [5.41, 5.74) is 3.86. The fourth-order valence-electron chi connectivity index (χ4n) is 3.86. The lowest BCUT2D eigenvalue weighted by Crippen LogP contribution is -2.35. The van der Waals surface area contributed by atoms with Crippen molar-refractivity contribution in [3.05, 3.63) is 59.4 Å². The number of amides is 1. The van der Waals surface area contributed by atoms with Gasteiger partial charge in [0.1, 0.15) is 6.61 Å². The van der Waals surface area contributed by atoms with Crippen LogP contribution >= 0.6 is 0 Å². The first-order valence-corrected chi connectivity index (χ1v) is 10.9. The first-order chi connectivity index (χ1) is 15.4. The third kappa shape index (κ3) is 5.79. The smallest absolute Gasteiger partial charge is 0.246 e. The van der Waals surface area contributed by atoms with Gasteiger partial charge in [0.2, 0.25) is 5.91 Å². The summed E-state index contributed by atoms with van der Waals surface area (Å²) in [5, 5.41) is 4.42. The molecule has 1 unspecified atom stereocenters. The van der Waals surface area contributed by atoms with Gasteiger partial charge in [-0.25, -0.2) is 0 Å². The summed E-state index contributed by atoms with van der Waals surface area (Å²) in [5.74, 6) is 1.22. The standard InChI is InChI=1S/C25H33N3O4/c1-6-13-32-23-11-9-20(15-24(23)30-5)16-28(17-21-8-7-14-31-21)25(29)12-10-22-18(2)26-27(4)19(22)3/h6,9-12,15,21H,1,7-8,13-14,16-17H2,2-5H3/b12-10+. The maximum absolute atomic E-state index is 13.2. The summed E-state index contributed by atoms with van der Waals surface area (Å²) in [4.78, 5) is 15.0. The molecule has 1 aliphatic heterocycles. The molecule has 0 saturated carbocycles. The highest BCUT2D eigenvalue weighted by Crippen LogP contribution is 2.29. The van der Waals surface area contributed by atoms with E-state index in [1.165, 1.54) is 0 Å². The zero-order valence-corrected chi connectivity index (χ0v) is 19.5. The lowest BCUT2D eigenvalue weighted by atomic mass is 10.1. The molecule has 0 aliphatic carbocycles. The Morgan fingerprint density at radius 2 is 2.19 bits per heavy atom. The second-order valence-corrected chi connectivity index (χ2v) is 7.98. The molecule has 1 aromatic heterocycles. The fourth-order valence-corrected chi connectivity index (χ4v) is 3.86. The van der Waals surface area contributed by atoms with Gasteiger partial charge in [-0.15, -0.1) is 0 Å². The maximum Gasteiger partial charge on any atom is 0.246 e. The fraction of sp³-hybridized carbons (Fsp3) is 0.440. The van der Waals surface area contributed by atoms with Crippen molar-refractivity contribution < 1.29 is 19.0 Å².